The van der Waals surface area contributed by atoms with Crippen LogP contribution in [-0.2, 0) is 19.6 Å². The Bertz CT molecular complexity index is 547. The summed E-state index contributed by atoms with van der Waals surface area (Å²) in [4.78, 5) is 6.95. The zero-order chi connectivity index (χ0) is 15.2. The van der Waals surface area contributed by atoms with Crippen LogP contribution in [0.5, 0.6) is 0 Å². The van der Waals surface area contributed by atoms with Gasteiger partial charge in [0.15, 0.2) is 0 Å². The average Bonchev–Trinajstić information content (AvgIpc) is 3.00. The molecule has 0 aliphatic carbocycles. The zero-order valence-corrected chi connectivity index (χ0v) is 14.2. The van der Waals surface area contributed by atoms with Crippen LogP contribution in [0.25, 0.3) is 0 Å². The number of aromatic nitrogens is 1. The van der Waals surface area contributed by atoms with Crippen LogP contribution in [-0.4, -0.2) is 23.5 Å². The maximum atomic E-state index is 5.33. The molecular formula is C16H25N3OS. The van der Waals surface area contributed by atoms with E-state index in [9.17, 15) is 0 Å². The Kier molecular flexibility index (Phi) is 5.96. The number of thiazole rings is 1. The lowest BCUT2D eigenvalue weighted by Gasteiger charge is -2.14. The topological polar surface area (TPSA) is 41.3 Å². The minimum Gasteiger partial charge on any atom is -0.469 e. The highest BCUT2D eigenvalue weighted by Gasteiger charge is 2.08. The number of aryl methyl sites for hydroxylation is 1. The second-order valence-corrected chi connectivity index (χ2v) is 6.87. The summed E-state index contributed by atoms with van der Waals surface area (Å²) in [6.07, 6.45) is 1.75. The van der Waals surface area contributed by atoms with Crippen molar-refractivity contribution in [1.29, 1.82) is 0 Å². The molecule has 1 N–H and O–H groups in total. The van der Waals surface area contributed by atoms with E-state index in [0.29, 0.717) is 5.92 Å². The fourth-order valence-corrected chi connectivity index (χ4v) is 2.92. The van der Waals surface area contributed by atoms with Crippen LogP contribution >= 0.6 is 11.3 Å². The molecule has 0 spiro atoms. The summed E-state index contributed by atoms with van der Waals surface area (Å²) in [6, 6.07) is 2.04. The van der Waals surface area contributed by atoms with Gasteiger partial charge in [-0.05, 0) is 32.5 Å². The summed E-state index contributed by atoms with van der Waals surface area (Å²) < 4.78 is 5.33. The highest BCUT2D eigenvalue weighted by atomic mass is 32.1. The Balaban J connectivity index is 1.80. The molecule has 0 saturated heterocycles. The Morgan fingerprint density at radius 2 is 2.19 bits per heavy atom. The summed E-state index contributed by atoms with van der Waals surface area (Å²) in [6.45, 7) is 10.1. The van der Waals surface area contributed by atoms with Gasteiger partial charge in [-0.1, -0.05) is 13.8 Å². The van der Waals surface area contributed by atoms with Crippen LogP contribution in [0.2, 0.25) is 0 Å². The molecule has 0 aromatic carbocycles. The van der Waals surface area contributed by atoms with Gasteiger partial charge in [0, 0.05) is 30.6 Å². The zero-order valence-electron chi connectivity index (χ0n) is 13.3. The number of hydrogen-bond acceptors (Lipinski definition) is 5. The molecule has 2 aromatic heterocycles. The molecule has 5 heteroatoms. The molecule has 0 aliphatic heterocycles. The van der Waals surface area contributed by atoms with E-state index in [0.717, 1.165) is 37.6 Å². The van der Waals surface area contributed by atoms with E-state index in [1.54, 1.807) is 17.6 Å². The molecule has 0 bridgehead atoms. The van der Waals surface area contributed by atoms with Crippen LogP contribution in [0, 0.1) is 12.8 Å². The van der Waals surface area contributed by atoms with E-state index in [4.69, 9.17) is 4.42 Å². The van der Waals surface area contributed by atoms with Crippen molar-refractivity contribution in [2.24, 2.45) is 5.92 Å². The van der Waals surface area contributed by atoms with Crippen molar-refractivity contribution in [2.45, 2.75) is 40.4 Å². The smallest absolute Gasteiger partial charge is 0.107 e. The third-order valence-corrected chi connectivity index (χ3v) is 4.16. The van der Waals surface area contributed by atoms with Crippen LogP contribution < -0.4 is 5.32 Å². The Morgan fingerprint density at radius 3 is 2.86 bits per heavy atom. The summed E-state index contributed by atoms with van der Waals surface area (Å²) in [5.41, 5.74) is 2.39. The van der Waals surface area contributed by atoms with E-state index >= 15 is 0 Å². The minimum absolute atomic E-state index is 0.675. The van der Waals surface area contributed by atoms with Gasteiger partial charge in [-0.25, -0.2) is 4.98 Å². The van der Waals surface area contributed by atoms with Crippen LogP contribution in [0.1, 0.15) is 35.9 Å². The summed E-state index contributed by atoms with van der Waals surface area (Å²) in [5.74, 6) is 1.67. The Labute approximate surface area is 131 Å². The molecule has 0 atom stereocenters. The normalized spacial score (nSPS) is 11.7. The fraction of sp³-hybridized carbons (Fsp3) is 0.562. The van der Waals surface area contributed by atoms with Crippen LogP contribution in [0.3, 0.4) is 0 Å². The molecule has 4 nitrogen and oxygen atoms in total. The lowest BCUT2D eigenvalue weighted by Crippen LogP contribution is -2.19. The van der Waals surface area contributed by atoms with Crippen molar-refractivity contribution >= 4 is 11.3 Å². The van der Waals surface area contributed by atoms with Gasteiger partial charge in [-0.15, -0.1) is 11.3 Å². The second kappa shape index (κ2) is 7.73. The molecule has 2 rings (SSSR count). The Hall–Kier alpha value is -1.17. The highest BCUT2D eigenvalue weighted by molar-refractivity contribution is 7.09. The van der Waals surface area contributed by atoms with Crippen molar-refractivity contribution in [3.63, 3.8) is 0 Å². The average molecular weight is 307 g/mol. The van der Waals surface area contributed by atoms with Gasteiger partial charge in [0.2, 0.25) is 0 Å². The molecule has 21 heavy (non-hydrogen) atoms. The first kappa shape index (κ1) is 16.2. The molecule has 116 valence electrons. The monoisotopic (exact) mass is 307 g/mol. The number of nitrogens with zero attached hydrogens (tertiary/aromatic N) is 2. The van der Waals surface area contributed by atoms with Gasteiger partial charge in [0.1, 0.15) is 10.8 Å². The molecule has 0 fully saturated rings. The first-order valence-corrected chi connectivity index (χ1v) is 8.28. The van der Waals surface area contributed by atoms with Crippen molar-refractivity contribution in [3.8, 4) is 0 Å². The second-order valence-electron chi connectivity index (χ2n) is 5.93. The predicted molar refractivity (Wildman–Crippen MR) is 87.3 cm³/mol. The van der Waals surface area contributed by atoms with Crippen molar-refractivity contribution < 1.29 is 4.42 Å². The summed E-state index contributed by atoms with van der Waals surface area (Å²) >= 11 is 1.74. The standard InChI is InChI=1S/C16H25N3OS/c1-12(2)7-17-8-16-18-15(11-21-16)10-19(4)9-14-5-6-20-13(14)3/h5-6,11-12,17H,7-10H2,1-4H3. The summed E-state index contributed by atoms with van der Waals surface area (Å²) in [7, 11) is 2.11. The molecular weight excluding hydrogens is 282 g/mol. The van der Waals surface area contributed by atoms with Crippen molar-refractivity contribution in [2.75, 3.05) is 13.6 Å². The maximum absolute atomic E-state index is 5.33. The molecule has 2 aromatic rings. The van der Waals surface area contributed by atoms with E-state index in [-0.39, 0.29) is 0 Å². The predicted octanol–water partition coefficient (Wildman–Crippen LogP) is 3.42. The van der Waals surface area contributed by atoms with Gasteiger partial charge in [-0.2, -0.15) is 0 Å². The van der Waals surface area contributed by atoms with E-state index in [1.165, 1.54) is 10.6 Å². The lowest BCUT2D eigenvalue weighted by molar-refractivity contribution is 0.313. The highest BCUT2D eigenvalue weighted by Crippen LogP contribution is 2.15. The Morgan fingerprint density at radius 1 is 1.38 bits per heavy atom. The maximum Gasteiger partial charge on any atom is 0.107 e. The number of nitrogens with one attached hydrogen (secondary N) is 1. The van der Waals surface area contributed by atoms with Crippen molar-refractivity contribution in [1.82, 2.24) is 15.2 Å². The lowest BCUT2D eigenvalue weighted by atomic mass is 10.2. The largest absolute Gasteiger partial charge is 0.469 e. The van der Waals surface area contributed by atoms with Crippen LogP contribution in [0.4, 0.5) is 0 Å². The van der Waals surface area contributed by atoms with Gasteiger partial charge in [-0.3, -0.25) is 4.90 Å². The van der Waals surface area contributed by atoms with Gasteiger partial charge in [0.05, 0.1) is 12.0 Å². The van der Waals surface area contributed by atoms with Crippen LogP contribution in [0.15, 0.2) is 22.1 Å². The third kappa shape index (κ3) is 5.26. The molecule has 0 amide bonds. The summed E-state index contributed by atoms with van der Waals surface area (Å²) in [5, 5.41) is 6.76. The molecule has 0 radical (unpaired) electrons. The number of rotatable bonds is 8. The molecule has 0 saturated carbocycles. The number of furan rings is 1. The quantitative estimate of drug-likeness (QED) is 0.811. The molecule has 2 heterocycles. The van der Waals surface area contributed by atoms with Gasteiger partial charge in [0.25, 0.3) is 0 Å². The molecule has 0 unspecified atom stereocenters. The van der Waals surface area contributed by atoms with E-state index in [2.05, 4.69) is 41.5 Å². The van der Waals surface area contributed by atoms with E-state index in [1.807, 2.05) is 13.0 Å². The van der Waals surface area contributed by atoms with E-state index < -0.39 is 0 Å². The first-order chi connectivity index (χ1) is 10.0. The first-order valence-electron chi connectivity index (χ1n) is 7.40. The molecule has 0 aliphatic rings. The third-order valence-electron chi connectivity index (χ3n) is 3.27. The SMILES string of the molecule is Cc1occc1CN(C)Cc1csc(CNCC(C)C)n1. The van der Waals surface area contributed by atoms with Gasteiger partial charge < -0.3 is 9.73 Å². The number of hydrogen-bond donors (Lipinski definition) is 1. The van der Waals surface area contributed by atoms with Gasteiger partial charge >= 0.3 is 0 Å². The fourth-order valence-electron chi connectivity index (χ4n) is 2.17. The minimum atomic E-state index is 0.675. The van der Waals surface area contributed by atoms with Crippen molar-refractivity contribution in [3.05, 3.63) is 39.7 Å².